The van der Waals surface area contributed by atoms with Crippen molar-refractivity contribution in [3.8, 4) is 0 Å². The highest BCUT2D eigenvalue weighted by molar-refractivity contribution is 5.71. The second kappa shape index (κ2) is 9.26. The van der Waals surface area contributed by atoms with Gasteiger partial charge in [-0.15, -0.1) is 0 Å². The fourth-order valence-corrected chi connectivity index (χ4v) is 1.72. The maximum absolute atomic E-state index is 4.38. The molecule has 0 aliphatic heterocycles. The van der Waals surface area contributed by atoms with Gasteiger partial charge in [0.15, 0.2) is 12.4 Å². The van der Waals surface area contributed by atoms with E-state index in [4.69, 9.17) is 0 Å². The number of aromatic nitrogens is 1. The van der Waals surface area contributed by atoms with Crippen molar-refractivity contribution in [2.45, 2.75) is 40.2 Å². The number of hydrogen-bond donors (Lipinski definition) is 0. The molecule has 1 heterocycles. The molecule has 0 aromatic carbocycles. The SMILES string of the molecule is C\C=C(C)/C=C\C=N\CCCC[n+]1cccc(C)c1. The van der Waals surface area contributed by atoms with Crippen LogP contribution in [0.2, 0.25) is 0 Å². The Morgan fingerprint density at radius 1 is 1.37 bits per heavy atom. The third kappa shape index (κ3) is 7.35. The van der Waals surface area contributed by atoms with Crippen LogP contribution in [0.15, 0.2) is 53.3 Å². The molecule has 0 saturated heterocycles. The van der Waals surface area contributed by atoms with Crippen LogP contribution in [0.3, 0.4) is 0 Å². The Morgan fingerprint density at radius 2 is 2.21 bits per heavy atom. The largest absolute Gasteiger partial charge is 0.293 e. The zero-order chi connectivity index (χ0) is 13.9. The van der Waals surface area contributed by atoms with Crippen molar-refractivity contribution in [3.63, 3.8) is 0 Å². The molecule has 0 bridgehead atoms. The quantitative estimate of drug-likeness (QED) is 0.307. The van der Waals surface area contributed by atoms with Gasteiger partial charge in [-0.2, -0.15) is 0 Å². The van der Waals surface area contributed by atoms with Gasteiger partial charge >= 0.3 is 0 Å². The molecule has 1 aromatic rings. The first-order chi connectivity index (χ1) is 9.22. The Hall–Kier alpha value is -1.70. The lowest BCUT2D eigenvalue weighted by Crippen LogP contribution is -2.32. The molecule has 0 unspecified atom stereocenters. The second-order valence-electron chi connectivity index (χ2n) is 4.77. The minimum Gasteiger partial charge on any atom is -0.293 e. The van der Waals surface area contributed by atoms with Crippen LogP contribution in [0.4, 0.5) is 0 Å². The predicted molar refractivity (Wildman–Crippen MR) is 82.5 cm³/mol. The first kappa shape index (κ1) is 15.4. The molecular weight excluding hydrogens is 232 g/mol. The number of nitrogens with zero attached hydrogens (tertiary/aromatic N) is 2. The van der Waals surface area contributed by atoms with E-state index in [1.165, 1.54) is 17.6 Å². The maximum Gasteiger partial charge on any atom is 0.171 e. The normalized spacial score (nSPS) is 12.7. The average Bonchev–Trinajstić information content (AvgIpc) is 2.41. The van der Waals surface area contributed by atoms with E-state index in [0.717, 1.165) is 19.5 Å². The highest BCUT2D eigenvalue weighted by Crippen LogP contribution is 1.94. The van der Waals surface area contributed by atoms with Gasteiger partial charge in [-0.05, 0) is 39.3 Å². The number of unbranched alkanes of at least 4 members (excludes halogenated alkanes) is 1. The molecule has 0 saturated carbocycles. The minimum absolute atomic E-state index is 0.908. The van der Waals surface area contributed by atoms with Crippen molar-refractivity contribution >= 4 is 6.21 Å². The maximum atomic E-state index is 4.38. The Kier molecular flexibility index (Phi) is 7.48. The van der Waals surface area contributed by atoms with E-state index in [0.29, 0.717) is 0 Å². The van der Waals surface area contributed by atoms with Gasteiger partial charge in [-0.25, -0.2) is 4.57 Å². The smallest absolute Gasteiger partial charge is 0.171 e. The van der Waals surface area contributed by atoms with E-state index >= 15 is 0 Å². The van der Waals surface area contributed by atoms with Crippen molar-refractivity contribution in [2.75, 3.05) is 6.54 Å². The summed E-state index contributed by atoms with van der Waals surface area (Å²) in [5, 5.41) is 0. The lowest BCUT2D eigenvalue weighted by atomic mass is 10.2. The van der Waals surface area contributed by atoms with Crippen LogP contribution in [0, 0.1) is 6.92 Å². The van der Waals surface area contributed by atoms with E-state index in [1.54, 1.807) is 0 Å². The summed E-state index contributed by atoms with van der Waals surface area (Å²) in [7, 11) is 0. The lowest BCUT2D eigenvalue weighted by Gasteiger charge is -1.96. The summed E-state index contributed by atoms with van der Waals surface area (Å²) in [6, 6.07) is 4.22. The fraction of sp³-hybridized carbons (Fsp3) is 0.412. The summed E-state index contributed by atoms with van der Waals surface area (Å²) in [6.45, 7) is 8.24. The van der Waals surface area contributed by atoms with Crippen molar-refractivity contribution in [1.29, 1.82) is 0 Å². The molecule has 2 heteroatoms. The van der Waals surface area contributed by atoms with Crippen LogP contribution in [-0.2, 0) is 6.54 Å². The van der Waals surface area contributed by atoms with Crippen LogP contribution in [0.5, 0.6) is 0 Å². The van der Waals surface area contributed by atoms with Gasteiger partial charge in [0.2, 0.25) is 0 Å². The van der Waals surface area contributed by atoms with Crippen molar-refractivity contribution < 1.29 is 4.57 Å². The van der Waals surface area contributed by atoms with E-state index in [2.05, 4.69) is 60.1 Å². The molecule has 2 nitrogen and oxygen atoms in total. The molecule has 0 N–H and O–H groups in total. The molecule has 0 amide bonds. The summed E-state index contributed by atoms with van der Waals surface area (Å²) in [6.07, 6.45) is 14.7. The van der Waals surface area contributed by atoms with Crippen molar-refractivity contribution in [3.05, 3.63) is 53.9 Å². The molecule has 0 spiro atoms. The number of aliphatic imine (C=N–C) groups is 1. The highest BCUT2D eigenvalue weighted by atomic mass is 14.9. The molecule has 0 aliphatic carbocycles. The summed E-state index contributed by atoms with van der Waals surface area (Å²) in [4.78, 5) is 4.38. The highest BCUT2D eigenvalue weighted by Gasteiger charge is 1.98. The zero-order valence-electron chi connectivity index (χ0n) is 12.3. The third-order valence-electron chi connectivity index (χ3n) is 2.97. The van der Waals surface area contributed by atoms with Crippen LogP contribution in [0.1, 0.15) is 32.3 Å². The standard InChI is InChI=1S/C17H25N2/c1-4-16(2)9-7-12-18-11-5-6-13-19-14-8-10-17(3)15-19/h4,7-10,12,14-15H,5-6,11,13H2,1-3H3/q+1/b9-7-,16-4-,18-12+. The molecule has 0 atom stereocenters. The van der Waals surface area contributed by atoms with Crippen LogP contribution in [-0.4, -0.2) is 12.8 Å². The van der Waals surface area contributed by atoms with Gasteiger partial charge < -0.3 is 0 Å². The molecule has 1 aromatic heterocycles. The average molecular weight is 257 g/mol. The van der Waals surface area contributed by atoms with Crippen LogP contribution >= 0.6 is 0 Å². The minimum atomic E-state index is 0.908. The molecule has 0 aliphatic rings. The summed E-state index contributed by atoms with van der Waals surface area (Å²) in [5.41, 5.74) is 2.58. The molecule has 19 heavy (non-hydrogen) atoms. The van der Waals surface area contributed by atoms with Crippen molar-refractivity contribution in [2.24, 2.45) is 4.99 Å². The van der Waals surface area contributed by atoms with E-state index in [9.17, 15) is 0 Å². The monoisotopic (exact) mass is 257 g/mol. The molecule has 102 valence electrons. The molecular formula is C17H25N2+. The van der Waals surface area contributed by atoms with Gasteiger partial charge in [-0.3, -0.25) is 4.99 Å². The number of pyridine rings is 1. The number of allylic oxidation sites excluding steroid dienone is 4. The van der Waals surface area contributed by atoms with Gasteiger partial charge in [0, 0.05) is 30.8 Å². The van der Waals surface area contributed by atoms with Gasteiger partial charge in [0.05, 0.1) is 0 Å². The lowest BCUT2D eigenvalue weighted by molar-refractivity contribution is -0.697. The van der Waals surface area contributed by atoms with Gasteiger partial charge in [0.25, 0.3) is 0 Å². The summed E-state index contributed by atoms with van der Waals surface area (Å²) in [5.74, 6) is 0. The van der Waals surface area contributed by atoms with E-state index in [-0.39, 0.29) is 0 Å². The van der Waals surface area contributed by atoms with Crippen LogP contribution in [0.25, 0.3) is 0 Å². The van der Waals surface area contributed by atoms with E-state index in [1.807, 2.05) is 19.2 Å². The summed E-state index contributed by atoms with van der Waals surface area (Å²) < 4.78 is 2.24. The zero-order valence-corrected chi connectivity index (χ0v) is 12.3. The van der Waals surface area contributed by atoms with Gasteiger partial charge in [-0.1, -0.05) is 17.7 Å². The topological polar surface area (TPSA) is 16.2 Å². The Balaban J connectivity index is 2.15. The number of aryl methyl sites for hydroxylation is 2. The molecule has 1 rings (SSSR count). The predicted octanol–water partition coefficient (Wildman–Crippen LogP) is 3.66. The Labute approximate surface area is 117 Å². The van der Waals surface area contributed by atoms with E-state index < -0.39 is 0 Å². The van der Waals surface area contributed by atoms with Crippen LogP contribution < -0.4 is 4.57 Å². The fourth-order valence-electron chi connectivity index (χ4n) is 1.72. The summed E-state index contributed by atoms with van der Waals surface area (Å²) >= 11 is 0. The van der Waals surface area contributed by atoms with Crippen molar-refractivity contribution in [1.82, 2.24) is 0 Å². The Bertz CT molecular complexity index is 456. The third-order valence-corrected chi connectivity index (χ3v) is 2.97. The number of rotatable bonds is 7. The second-order valence-corrected chi connectivity index (χ2v) is 4.77. The molecule has 0 fully saturated rings. The first-order valence-electron chi connectivity index (χ1n) is 6.97. The van der Waals surface area contributed by atoms with Gasteiger partial charge in [0.1, 0.15) is 6.54 Å². The first-order valence-corrected chi connectivity index (χ1v) is 6.97. The number of hydrogen-bond acceptors (Lipinski definition) is 1. The molecule has 0 radical (unpaired) electrons. The Morgan fingerprint density at radius 3 is 2.95 bits per heavy atom.